The first kappa shape index (κ1) is 12.0. The minimum Gasteiger partial charge on any atom is -0.481 e. The minimum absolute atomic E-state index is 0.0522. The van der Waals surface area contributed by atoms with Crippen molar-refractivity contribution in [3.63, 3.8) is 0 Å². The van der Waals surface area contributed by atoms with Gasteiger partial charge in [-0.15, -0.1) is 0 Å². The molecule has 1 amide bonds. The summed E-state index contributed by atoms with van der Waals surface area (Å²) in [5.74, 6) is -1.31. The fraction of sp³-hybridized carbons (Fsp3) is 0.273. The number of hydrogen-bond acceptors (Lipinski definition) is 3. The topological polar surface area (TPSA) is 92.4 Å². The van der Waals surface area contributed by atoms with E-state index in [1.54, 1.807) is 25.1 Å². The summed E-state index contributed by atoms with van der Waals surface area (Å²) in [4.78, 5) is 21.3. The summed E-state index contributed by atoms with van der Waals surface area (Å²) in [6.07, 6.45) is 0.0522. The summed E-state index contributed by atoms with van der Waals surface area (Å²) in [5.41, 5.74) is 7.20. The Hall–Kier alpha value is -2.04. The van der Waals surface area contributed by atoms with E-state index < -0.39 is 11.9 Å². The van der Waals surface area contributed by atoms with Gasteiger partial charge in [-0.3, -0.25) is 9.59 Å². The molecule has 0 bridgehead atoms. The number of aliphatic carboxylic acids is 1. The lowest BCUT2D eigenvalue weighted by Crippen LogP contribution is -2.13. The Kier molecular flexibility index (Phi) is 3.88. The maximum atomic E-state index is 11.0. The van der Waals surface area contributed by atoms with Crippen molar-refractivity contribution >= 4 is 17.6 Å². The Morgan fingerprint density at radius 2 is 2.12 bits per heavy atom. The summed E-state index contributed by atoms with van der Waals surface area (Å²) >= 11 is 0. The number of hydrogen-bond donors (Lipinski definition) is 3. The molecule has 0 saturated carbocycles. The van der Waals surface area contributed by atoms with E-state index in [9.17, 15) is 9.59 Å². The molecule has 1 aromatic carbocycles. The Labute approximate surface area is 93.3 Å². The molecule has 0 aliphatic rings. The third-order valence-electron chi connectivity index (χ3n) is 2.16. The quantitative estimate of drug-likeness (QED) is 0.692. The van der Waals surface area contributed by atoms with E-state index in [0.29, 0.717) is 12.1 Å². The molecule has 0 unspecified atom stereocenters. The zero-order valence-electron chi connectivity index (χ0n) is 8.99. The second-order valence-corrected chi connectivity index (χ2v) is 3.46. The zero-order valence-corrected chi connectivity index (χ0v) is 8.99. The predicted molar refractivity (Wildman–Crippen MR) is 60.4 cm³/mol. The van der Waals surface area contributed by atoms with Crippen molar-refractivity contribution in [2.75, 3.05) is 11.9 Å². The third kappa shape index (κ3) is 3.27. The van der Waals surface area contributed by atoms with E-state index in [1.165, 1.54) is 0 Å². The van der Waals surface area contributed by atoms with Crippen LogP contribution >= 0.6 is 0 Å². The normalized spacial score (nSPS) is 9.81. The highest BCUT2D eigenvalue weighted by Crippen LogP contribution is 2.14. The smallest absolute Gasteiger partial charge is 0.305 e. The van der Waals surface area contributed by atoms with Crippen LogP contribution in [-0.4, -0.2) is 23.5 Å². The SMILES string of the molecule is Cc1cc(NCCC(=O)O)ccc1C(N)=O. The van der Waals surface area contributed by atoms with Gasteiger partial charge >= 0.3 is 5.97 Å². The molecule has 0 radical (unpaired) electrons. The molecule has 0 aromatic heterocycles. The molecule has 0 fully saturated rings. The predicted octanol–water partition coefficient (Wildman–Crippen LogP) is 0.981. The van der Waals surface area contributed by atoms with Crippen LogP contribution in [0.2, 0.25) is 0 Å². The zero-order chi connectivity index (χ0) is 12.1. The van der Waals surface area contributed by atoms with Crippen LogP contribution in [0.25, 0.3) is 0 Å². The maximum Gasteiger partial charge on any atom is 0.305 e. The highest BCUT2D eigenvalue weighted by molar-refractivity contribution is 5.94. The molecule has 0 aliphatic heterocycles. The number of primary amides is 1. The van der Waals surface area contributed by atoms with E-state index in [1.807, 2.05) is 0 Å². The van der Waals surface area contributed by atoms with Crippen LogP contribution in [0.5, 0.6) is 0 Å². The van der Waals surface area contributed by atoms with Gasteiger partial charge in [0.2, 0.25) is 5.91 Å². The van der Waals surface area contributed by atoms with Gasteiger partial charge in [0.15, 0.2) is 0 Å². The van der Waals surface area contributed by atoms with E-state index in [-0.39, 0.29) is 6.42 Å². The Bertz CT molecular complexity index is 416. The Balaban J connectivity index is 2.66. The number of benzene rings is 1. The summed E-state index contributed by atoms with van der Waals surface area (Å²) in [7, 11) is 0. The molecule has 1 aromatic rings. The van der Waals surface area contributed by atoms with Gasteiger partial charge in [0.05, 0.1) is 6.42 Å². The first-order valence-corrected chi connectivity index (χ1v) is 4.87. The molecule has 0 saturated heterocycles. The number of amides is 1. The van der Waals surface area contributed by atoms with Gasteiger partial charge in [-0.1, -0.05) is 0 Å². The molecule has 5 nitrogen and oxygen atoms in total. The number of nitrogens with one attached hydrogen (secondary N) is 1. The lowest BCUT2D eigenvalue weighted by Gasteiger charge is -2.07. The molecule has 5 heteroatoms. The average molecular weight is 222 g/mol. The van der Waals surface area contributed by atoms with Crippen LogP contribution in [0.15, 0.2) is 18.2 Å². The summed E-state index contributed by atoms with van der Waals surface area (Å²) in [6, 6.07) is 5.09. The van der Waals surface area contributed by atoms with Crippen LogP contribution in [0, 0.1) is 6.92 Å². The number of rotatable bonds is 5. The van der Waals surface area contributed by atoms with Gasteiger partial charge in [0.25, 0.3) is 0 Å². The molecule has 86 valence electrons. The van der Waals surface area contributed by atoms with Gasteiger partial charge in [-0.2, -0.15) is 0 Å². The molecule has 0 aliphatic carbocycles. The van der Waals surface area contributed by atoms with E-state index in [4.69, 9.17) is 10.8 Å². The van der Waals surface area contributed by atoms with Gasteiger partial charge in [-0.25, -0.2) is 0 Å². The monoisotopic (exact) mass is 222 g/mol. The van der Waals surface area contributed by atoms with Crippen molar-refractivity contribution in [3.8, 4) is 0 Å². The number of aryl methyl sites for hydroxylation is 1. The Morgan fingerprint density at radius 1 is 1.44 bits per heavy atom. The van der Waals surface area contributed by atoms with Crippen LogP contribution < -0.4 is 11.1 Å². The van der Waals surface area contributed by atoms with Crippen LogP contribution in [0.1, 0.15) is 22.3 Å². The second-order valence-electron chi connectivity index (χ2n) is 3.46. The molecule has 16 heavy (non-hydrogen) atoms. The van der Waals surface area contributed by atoms with E-state index in [0.717, 1.165) is 11.3 Å². The van der Waals surface area contributed by atoms with Crippen molar-refractivity contribution in [3.05, 3.63) is 29.3 Å². The van der Waals surface area contributed by atoms with E-state index >= 15 is 0 Å². The van der Waals surface area contributed by atoms with Gasteiger partial charge in [0.1, 0.15) is 0 Å². The first-order valence-electron chi connectivity index (χ1n) is 4.87. The maximum absolute atomic E-state index is 11.0. The number of carboxylic acids is 1. The van der Waals surface area contributed by atoms with Crippen molar-refractivity contribution in [2.24, 2.45) is 5.73 Å². The van der Waals surface area contributed by atoms with Crippen molar-refractivity contribution in [2.45, 2.75) is 13.3 Å². The van der Waals surface area contributed by atoms with Gasteiger partial charge < -0.3 is 16.2 Å². The summed E-state index contributed by atoms with van der Waals surface area (Å²) in [6.45, 7) is 2.13. The molecular formula is C11H14N2O3. The van der Waals surface area contributed by atoms with Crippen LogP contribution in [-0.2, 0) is 4.79 Å². The van der Waals surface area contributed by atoms with Crippen LogP contribution in [0.3, 0.4) is 0 Å². The number of carbonyl (C=O) groups excluding carboxylic acids is 1. The molecule has 0 heterocycles. The highest BCUT2D eigenvalue weighted by Gasteiger charge is 2.05. The molecule has 1 rings (SSSR count). The second kappa shape index (κ2) is 5.16. The molecule has 0 spiro atoms. The fourth-order valence-corrected chi connectivity index (χ4v) is 1.36. The fourth-order valence-electron chi connectivity index (χ4n) is 1.36. The number of anilines is 1. The Morgan fingerprint density at radius 3 is 2.62 bits per heavy atom. The molecule has 0 atom stereocenters. The standard InChI is InChI=1S/C11H14N2O3/c1-7-6-8(13-5-4-10(14)15)2-3-9(7)11(12)16/h2-3,6,13H,4-5H2,1H3,(H2,12,16)(H,14,15). The average Bonchev–Trinajstić information content (AvgIpc) is 2.16. The van der Waals surface area contributed by atoms with E-state index in [2.05, 4.69) is 5.32 Å². The lowest BCUT2D eigenvalue weighted by molar-refractivity contribution is -0.136. The van der Waals surface area contributed by atoms with Gasteiger partial charge in [0, 0.05) is 17.8 Å². The lowest BCUT2D eigenvalue weighted by atomic mass is 10.1. The molecule has 4 N–H and O–H groups in total. The van der Waals surface area contributed by atoms with Crippen molar-refractivity contribution < 1.29 is 14.7 Å². The van der Waals surface area contributed by atoms with Gasteiger partial charge in [-0.05, 0) is 30.7 Å². The number of nitrogens with two attached hydrogens (primary N) is 1. The number of carboxylic acid groups (broad SMARTS) is 1. The summed E-state index contributed by atoms with van der Waals surface area (Å²) < 4.78 is 0. The van der Waals surface area contributed by atoms with Crippen LogP contribution in [0.4, 0.5) is 5.69 Å². The molecular weight excluding hydrogens is 208 g/mol. The van der Waals surface area contributed by atoms with Crippen molar-refractivity contribution in [1.29, 1.82) is 0 Å². The largest absolute Gasteiger partial charge is 0.481 e. The minimum atomic E-state index is -0.849. The number of carbonyl (C=O) groups is 2. The third-order valence-corrected chi connectivity index (χ3v) is 2.16. The first-order chi connectivity index (χ1) is 7.50. The highest BCUT2D eigenvalue weighted by atomic mass is 16.4. The summed E-state index contributed by atoms with van der Waals surface area (Å²) in [5, 5.41) is 11.4. The van der Waals surface area contributed by atoms with Crippen molar-refractivity contribution in [1.82, 2.24) is 0 Å².